The molecule has 1 aliphatic heterocycles. The Kier molecular flexibility index (Phi) is 4.15. The van der Waals surface area contributed by atoms with Crippen molar-refractivity contribution in [1.29, 1.82) is 0 Å². The molecule has 0 aromatic heterocycles. The number of hydrogen-bond acceptors (Lipinski definition) is 3. The van der Waals surface area contributed by atoms with E-state index < -0.39 is 0 Å². The Morgan fingerprint density at radius 3 is 2.95 bits per heavy atom. The molecule has 0 aliphatic carbocycles. The van der Waals surface area contributed by atoms with Gasteiger partial charge in [-0.2, -0.15) is 0 Å². The number of carbonyl (C=O) groups excluding carboxylic acids is 2. The van der Waals surface area contributed by atoms with Gasteiger partial charge in [-0.15, -0.1) is 11.8 Å². The number of nitrogens with one attached hydrogen (secondary N) is 2. The van der Waals surface area contributed by atoms with Gasteiger partial charge in [-0.25, -0.2) is 0 Å². The van der Waals surface area contributed by atoms with Crippen LogP contribution in [-0.4, -0.2) is 17.6 Å². The highest BCUT2D eigenvalue weighted by Gasteiger charge is 2.15. The maximum Gasteiger partial charge on any atom is 0.251 e. The zero-order valence-electron chi connectivity index (χ0n) is 12.2. The van der Waals surface area contributed by atoms with Gasteiger partial charge in [0.15, 0.2) is 0 Å². The van der Waals surface area contributed by atoms with Crippen LogP contribution in [-0.2, 0) is 11.3 Å². The Balaban J connectivity index is 1.68. The third-order valence-corrected chi connectivity index (χ3v) is 4.48. The van der Waals surface area contributed by atoms with E-state index in [9.17, 15) is 9.59 Å². The first-order chi connectivity index (χ1) is 10.6. The summed E-state index contributed by atoms with van der Waals surface area (Å²) in [6, 6.07) is 13.4. The minimum absolute atomic E-state index is 0.0125. The lowest BCUT2D eigenvalue weighted by Gasteiger charge is -2.17. The molecule has 4 nitrogen and oxygen atoms in total. The lowest BCUT2D eigenvalue weighted by molar-refractivity contribution is -0.113. The minimum Gasteiger partial charge on any atom is -0.348 e. The van der Waals surface area contributed by atoms with Crippen LogP contribution in [0.15, 0.2) is 47.4 Å². The third-order valence-electron chi connectivity index (χ3n) is 3.41. The van der Waals surface area contributed by atoms with Crippen molar-refractivity contribution in [2.24, 2.45) is 0 Å². The van der Waals surface area contributed by atoms with Gasteiger partial charge >= 0.3 is 0 Å². The van der Waals surface area contributed by atoms with Gasteiger partial charge < -0.3 is 10.6 Å². The smallest absolute Gasteiger partial charge is 0.251 e. The summed E-state index contributed by atoms with van der Waals surface area (Å²) in [7, 11) is 0. The second kappa shape index (κ2) is 6.23. The summed E-state index contributed by atoms with van der Waals surface area (Å²) in [5, 5.41) is 5.76. The number of anilines is 1. The van der Waals surface area contributed by atoms with Gasteiger partial charge in [0.25, 0.3) is 5.91 Å². The lowest BCUT2D eigenvalue weighted by Crippen LogP contribution is -2.23. The van der Waals surface area contributed by atoms with E-state index in [0.29, 0.717) is 17.9 Å². The molecule has 0 atom stereocenters. The second-order valence-electron chi connectivity index (χ2n) is 5.22. The average Bonchev–Trinajstić information content (AvgIpc) is 2.52. The summed E-state index contributed by atoms with van der Waals surface area (Å²) in [6.45, 7) is 2.39. The lowest BCUT2D eigenvalue weighted by atomic mass is 10.1. The molecule has 2 aromatic rings. The molecule has 2 amide bonds. The van der Waals surface area contributed by atoms with E-state index in [-0.39, 0.29) is 11.8 Å². The fourth-order valence-electron chi connectivity index (χ4n) is 2.31. The molecular weight excluding hydrogens is 296 g/mol. The average molecular weight is 312 g/mol. The van der Waals surface area contributed by atoms with Gasteiger partial charge in [0, 0.05) is 17.0 Å². The van der Waals surface area contributed by atoms with Crippen molar-refractivity contribution in [3.63, 3.8) is 0 Å². The van der Waals surface area contributed by atoms with Gasteiger partial charge in [0.05, 0.1) is 11.4 Å². The number of hydrogen-bond donors (Lipinski definition) is 2. The molecule has 22 heavy (non-hydrogen) atoms. The fraction of sp³-hybridized carbons (Fsp3) is 0.176. The van der Waals surface area contributed by atoms with Crippen LogP contribution in [0.4, 0.5) is 5.69 Å². The van der Waals surface area contributed by atoms with E-state index in [1.165, 1.54) is 11.8 Å². The highest BCUT2D eigenvalue weighted by atomic mass is 32.2. The van der Waals surface area contributed by atoms with Gasteiger partial charge in [0.1, 0.15) is 0 Å². The number of fused-ring (bicyclic) bond motifs is 1. The summed E-state index contributed by atoms with van der Waals surface area (Å²) < 4.78 is 0. The van der Waals surface area contributed by atoms with Crippen LogP contribution in [0.2, 0.25) is 0 Å². The van der Waals surface area contributed by atoms with Gasteiger partial charge in [-0.05, 0) is 36.8 Å². The molecule has 2 aromatic carbocycles. The standard InChI is InChI=1S/C17H16N2O2S/c1-11-3-2-4-13(7-11)17(21)18-9-12-5-6-15-14(8-12)19-16(20)10-22-15/h2-8H,9-10H2,1H3,(H,18,21)(H,19,20). The van der Waals surface area contributed by atoms with Gasteiger partial charge in [-0.3, -0.25) is 9.59 Å². The Hall–Kier alpha value is -2.27. The highest BCUT2D eigenvalue weighted by molar-refractivity contribution is 8.00. The van der Waals surface area contributed by atoms with E-state index >= 15 is 0 Å². The van der Waals surface area contributed by atoms with Crippen LogP contribution >= 0.6 is 11.8 Å². The van der Waals surface area contributed by atoms with Crippen LogP contribution in [0.3, 0.4) is 0 Å². The van der Waals surface area contributed by atoms with E-state index in [1.807, 2.05) is 43.3 Å². The normalized spacial score (nSPS) is 13.2. The first-order valence-corrected chi connectivity index (χ1v) is 8.01. The fourth-order valence-corrected chi connectivity index (χ4v) is 3.10. The van der Waals surface area contributed by atoms with Crippen LogP contribution in [0.5, 0.6) is 0 Å². The van der Waals surface area contributed by atoms with E-state index in [0.717, 1.165) is 21.7 Å². The Morgan fingerprint density at radius 2 is 2.14 bits per heavy atom. The number of benzene rings is 2. The predicted molar refractivity (Wildman–Crippen MR) is 88.1 cm³/mol. The quantitative estimate of drug-likeness (QED) is 0.916. The first kappa shape index (κ1) is 14.7. The number of amides is 2. The van der Waals surface area contributed by atoms with Crippen molar-refractivity contribution in [1.82, 2.24) is 5.32 Å². The maximum absolute atomic E-state index is 12.1. The van der Waals surface area contributed by atoms with Crippen LogP contribution < -0.4 is 10.6 Å². The van der Waals surface area contributed by atoms with Crippen LogP contribution in [0, 0.1) is 6.92 Å². The zero-order chi connectivity index (χ0) is 15.5. The summed E-state index contributed by atoms with van der Waals surface area (Å²) in [4.78, 5) is 24.6. The van der Waals surface area contributed by atoms with Crippen LogP contribution in [0.1, 0.15) is 21.5 Å². The molecule has 1 heterocycles. The molecule has 3 rings (SSSR count). The van der Waals surface area contributed by atoms with Crippen molar-refractivity contribution < 1.29 is 9.59 Å². The van der Waals surface area contributed by atoms with Crippen LogP contribution in [0.25, 0.3) is 0 Å². The number of carbonyl (C=O) groups is 2. The van der Waals surface area contributed by atoms with E-state index in [1.54, 1.807) is 6.07 Å². The summed E-state index contributed by atoms with van der Waals surface area (Å²) in [5.41, 5.74) is 3.49. The molecule has 0 saturated carbocycles. The van der Waals surface area contributed by atoms with Gasteiger partial charge in [-0.1, -0.05) is 23.8 Å². The molecule has 2 N–H and O–H groups in total. The zero-order valence-corrected chi connectivity index (χ0v) is 13.0. The maximum atomic E-state index is 12.1. The molecule has 0 saturated heterocycles. The molecule has 112 valence electrons. The molecule has 5 heteroatoms. The topological polar surface area (TPSA) is 58.2 Å². The Labute approximate surface area is 133 Å². The molecule has 0 unspecified atom stereocenters. The van der Waals surface area contributed by atoms with Gasteiger partial charge in [0.2, 0.25) is 5.91 Å². The van der Waals surface area contributed by atoms with E-state index in [2.05, 4.69) is 10.6 Å². The molecule has 0 bridgehead atoms. The SMILES string of the molecule is Cc1cccc(C(=O)NCc2ccc3c(c2)NC(=O)CS3)c1. The van der Waals surface area contributed by atoms with Crippen molar-refractivity contribution in [2.45, 2.75) is 18.4 Å². The highest BCUT2D eigenvalue weighted by Crippen LogP contribution is 2.31. The summed E-state index contributed by atoms with van der Waals surface area (Å²) in [6.07, 6.45) is 0. The van der Waals surface area contributed by atoms with E-state index in [4.69, 9.17) is 0 Å². The van der Waals surface area contributed by atoms with Crippen molar-refractivity contribution in [3.8, 4) is 0 Å². The molecule has 0 spiro atoms. The van der Waals surface area contributed by atoms with Crippen molar-refractivity contribution in [2.75, 3.05) is 11.1 Å². The first-order valence-electron chi connectivity index (χ1n) is 7.02. The monoisotopic (exact) mass is 312 g/mol. The molecular formula is C17H16N2O2S. The minimum atomic E-state index is -0.0974. The Bertz CT molecular complexity index is 743. The summed E-state index contributed by atoms with van der Waals surface area (Å²) >= 11 is 1.53. The predicted octanol–water partition coefficient (Wildman–Crippen LogP) is 2.97. The van der Waals surface area contributed by atoms with Crippen molar-refractivity contribution >= 4 is 29.3 Å². The number of thioether (sulfide) groups is 1. The Morgan fingerprint density at radius 1 is 1.27 bits per heavy atom. The van der Waals surface area contributed by atoms with Crippen molar-refractivity contribution in [3.05, 3.63) is 59.2 Å². The number of rotatable bonds is 3. The second-order valence-corrected chi connectivity index (χ2v) is 6.24. The largest absolute Gasteiger partial charge is 0.348 e. The third kappa shape index (κ3) is 3.31. The molecule has 0 radical (unpaired) electrons. The summed E-state index contributed by atoms with van der Waals surface area (Å²) in [5.74, 6) is 0.370. The molecule has 1 aliphatic rings. The molecule has 0 fully saturated rings. The number of aryl methyl sites for hydroxylation is 1.